The summed E-state index contributed by atoms with van der Waals surface area (Å²) >= 11 is 3.00. The van der Waals surface area contributed by atoms with E-state index in [1.54, 1.807) is 34.4 Å². The summed E-state index contributed by atoms with van der Waals surface area (Å²) in [5.74, 6) is -0.109. The van der Waals surface area contributed by atoms with E-state index < -0.39 is 9.84 Å². The van der Waals surface area contributed by atoms with E-state index in [0.717, 1.165) is 22.2 Å². The highest BCUT2D eigenvalue weighted by molar-refractivity contribution is 7.90. The molecule has 160 valence electrons. The molecule has 0 aliphatic heterocycles. The van der Waals surface area contributed by atoms with Gasteiger partial charge in [0, 0.05) is 23.2 Å². The lowest BCUT2D eigenvalue weighted by Crippen LogP contribution is -2.32. The predicted molar refractivity (Wildman–Crippen MR) is 128 cm³/mol. The van der Waals surface area contributed by atoms with Gasteiger partial charge in [-0.05, 0) is 73.2 Å². The van der Waals surface area contributed by atoms with E-state index in [0.29, 0.717) is 22.8 Å². The standard InChI is InChI=1S/C23H22N2O3S3/c1-15-6-7-17(13-16(15)2)22(26)25(11-10-18-5-4-12-29-18)23-24-20-9-8-19(31(3,27)28)14-21(20)30-23/h4-9,12-14H,10-11H2,1-3H3. The zero-order chi connectivity index (χ0) is 22.2. The summed E-state index contributed by atoms with van der Waals surface area (Å²) in [7, 11) is -3.31. The number of nitrogens with zero attached hydrogens (tertiary/aromatic N) is 2. The molecule has 0 aliphatic rings. The number of sulfone groups is 1. The van der Waals surface area contributed by atoms with Gasteiger partial charge in [0.05, 0.1) is 15.1 Å². The molecular weight excluding hydrogens is 448 g/mol. The number of aryl methyl sites for hydroxylation is 2. The molecule has 0 saturated heterocycles. The number of benzene rings is 2. The molecule has 0 atom stereocenters. The third kappa shape index (κ3) is 4.71. The molecule has 0 bridgehead atoms. The van der Waals surface area contributed by atoms with E-state index in [-0.39, 0.29) is 10.8 Å². The van der Waals surface area contributed by atoms with Crippen LogP contribution in [0.15, 0.2) is 58.8 Å². The summed E-state index contributed by atoms with van der Waals surface area (Å²) in [5.41, 5.74) is 3.49. The van der Waals surface area contributed by atoms with E-state index in [4.69, 9.17) is 0 Å². The normalized spacial score (nSPS) is 11.7. The number of hydrogen-bond acceptors (Lipinski definition) is 6. The Morgan fingerprint density at radius 3 is 2.55 bits per heavy atom. The number of anilines is 1. The molecule has 5 nitrogen and oxygen atoms in total. The van der Waals surface area contributed by atoms with Crippen molar-refractivity contribution in [3.8, 4) is 0 Å². The summed E-state index contributed by atoms with van der Waals surface area (Å²) in [6.07, 6.45) is 1.91. The number of aromatic nitrogens is 1. The summed E-state index contributed by atoms with van der Waals surface area (Å²) in [4.78, 5) is 21.3. The molecule has 2 heterocycles. The number of thiophene rings is 1. The number of carbonyl (C=O) groups is 1. The lowest BCUT2D eigenvalue weighted by atomic mass is 10.1. The van der Waals surface area contributed by atoms with E-state index in [1.165, 1.54) is 22.5 Å². The Kier molecular flexibility index (Phi) is 5.96. The quantitative estimate of drug-likeness (QED) is 0.385. The van der Waals surface area contributed by atoms with Crippen molar-refractivity contribution in [2.24, 2.45) is 0 Å². The first-order chi connectivity index (χ1) is 14.7. The second-order valence-corrected chi connectivity index (χ2v) is 11.5. The van der Waals surface area contributed by atoms with Gasteiger partial charge in [0.1, 0.15) is 0 Å². The second-order valence-electron chi connectivity index (χ2n) is 7.48. The Labute approximate surface area is 189 Å². The van der Waals surface area contributed by atoms with Gasteiger partial charge in [0.25, 0.3) is 5.91 Å². The lowest BCUT2D eigenvalue weighted by Gasteiger charge is -2.20. The fraction of sp³-hybridized carbons (Fsp3) is 0.217. The first-order valence-electron chi connectivity index (χ1n) is 9.74. The number of carbonyl (C=O) groups excluding carboxylic acids is 1. The average molecular weight is 471 g/mol. The highest BCUT2D eigenvalue weighted by Crippen LogP contribution is 2.32. The van der Waals surface area contributed by atoms with Crippen molar-refractivity contribution >= 4 is 53.8 Å². The summed E-state index contributed by atoms with van der Waals surface area (Å²) in [5, 5.41) is 2.59. The molecule has 31 heavy (non-hydrogen) atoms. The molecule has 0 fully saturated rings. The number of fused-ring (bicyclic) bond motifs is 1. The van der Waals surface area contributed by atoms with E-state index in [2.05, 4.69) is 11.1 Å². The molecule has 0 aliphatic carbocycles. The molecule has 0 spiro atoms. The van der Waals surface area contributed by atoms with Gasteiger partial charge >= 0.3 is 0 Å². The molecule has 2 aromatic heterocycles. The van der Waals surface area contributed by atoms with Crippen molar-refractivity contribution in [1.82, 2.24) is 4.98 Å². The van der Waals surface area contributed by atoms with Crippen molar-refractivity contribution in [1.29, 1.82) is 0 Å². The van der Waals surface area contributed by atoms with Crippen molar-refractivity contribution in [3.63, 3.8) is 0 Å². The molecule has 2 aromatic carbocycles. The van der Waals surface area contributed by atoms with Crippen LogP contribution >= 0.6 is 22.7 Å². The van der Waals surface area contributed by atoms with E-state index in [9.17, 15) is 13.2 Å². The number of rotatable bonds is 6. The fourth-order valence-corrected chi connectivity index (χ4v) is 5.68. The van der Waals surface area contributed by atoms with Gasteiger partial charge in [-0.2, -0.15) is 0 Å². The van der Waals surface area contributed by atoms with Gasteiger partial charge in [-0.15, -0.1) is 11.3 Å². The molecule has 1 amide bonds. The first kappa shape index (κ1) is 21.7. The van der Waals surface area contributed by atoms with Crippen LogP contribution in [-0.2, 0) is 16.3 Å². The SMILES string of the molecule is Cc1ccc(C(=O)N(CCc2cccs2)c2nc3ccc(S(C)(=O)=O)cc3s2)cc1C. The van der Waals surface area contributed by atoms with Crippen LogP contribution in [0.1, 0.15) is 26.4 Å². The zero-order valence-corrected chi connectivity index (χ0v) is 19.9. The smallest absolute Gasteiger partial charge is 0.260 e. The Morgan fingerprint density at radius 2 is 1.87 bits per heavy atom. The van der Waals surface area contributed by atoms with Crippen LogP contribution in [0.5, 0.6) is 0 Å². The van der Waals surface area contributed by atoms with E-state index >= 15 is 0 Å². The lowest BCUT2D eigenvalue weighted by molar-refractivity contribution is 0.0987. The Hall–Kier alpha value is -2.55. The number of hydrogen-bond donors (Lipinski definition) is 0. The summed E-state index contributed by atoms with van der Waals surface area (Å²) in [6.45, 7) is 4.50. The average Bonchev–Trinajstić information content (AvgIpc) is 3.38. The van der Waals surface area contributed by atoms with Crippen LogP contribution in [-0.4, -0.2) is 32.1 Å². The number of thiazole rings is 1. The van der Waals surface area contributed by atoms with E-state index in [1.807, 2.05) is 43.5 Å². The molecular formula is C23H22N2O3S3. The van der Waals surface area contributed by atoms with Crippen LogP contribution in [0, 0.1) is 13.8 Å². The zero-order valence-electron chi connectivity index (χ0n) is 17.5. The molecule has 0 N–H and O–H groups in total. The highest BCUT2D eigenvalue weighted by atomic mass is 32.2. The van der Waals surface area contributed by atoms with Crippen LogP contribution in [0.25, 0.3) is 10.2 Å². The maximum absolute atomic E-state index is 13.5. The van der Waals surface area contributed by atoms with Crippen molar-refractivity contribution in [2.45, 2.75) is 25.2 Å². The Morgan fingerprint density at radius 1 is 1.06 bits per heavy atom. The molecule has 4 rings (SSSR count). The van der Waals surface area contributed by atoms with Gasteiger partial charge in [-0.25, -0.2) is 13.4 Å². The molecule has 8 heteroatoms. The predicted octanol–water partition coefficient (Wildman–Crippen LogP) is 5.27. The highest BCUT2D eigenvalue weighted by Gasteiger charge is 2.22. The largest absolute Gasteiger partial charge is 0.284 e. The Bertz CT molecular complexity index is 1360. The minimum atomic E-state index is -3.31. The monoisotopic (exact) mass is 470 g/mol. The Balaban J connectivity index is 1.74. The van der Waals surface area contributed by atoms with Crippen molar-refractivity contribution in [3.05, 3.63) is 75.5 Å². The summed E-state index contributed by atoms with van der Waals surface area (Å²) < 4.78 is 24.6. The van der Waals surface area contributed by atoms with Crippen molar-refractivity contribution < 1.29 is 13.2 Å². The molecule has 4 aromatic rings. The minimum Gasteiger partial charge on any atom is -0.284 e. The minimum absolute atomic E-state index is 0.109. The summed E-state index contributed by atoms with van der Waals surface area (Å²) in [6, 6.07) is 14.6. The van der Waals surface area contributed by atoms with Gasteiger partial charge in [-0.3, -0.25) is 9.69 Å². The van der Waals surface area contributed by atoms with Gasteiger partial charge < -0.3 is 0 Å². The van der Waals surface area contributed by atoms with Crippen LogP contribution in [0.4, 0.5) is 5.13 Å². The van der Waals surface area contributed by atoms with Crippen LogP contribution in [0.3, 0.4) is 0 Å². The van der Waals surface area contributed by atoms with Crippen LogP contribution < -0.4 is 4.90 Å². The molecule has 0 radical (unpaired) electrons. The molecule has 0 saturated carbocycles. The topological polar surface area (TPSA) is 67.3 Å². The maximum Gasteiger partial charge on any atom is 0.260 e. The van der Waals surface area contributed by atoms with Crippen molar-refractivity contribution in [2.75, 3.05) is 17.7 Å². The van der Waals surface area contributed by atoms with Gasteiger partial charge in [0.15, 0.2) is 15.0 Å². The first-order valence-corrected chi connectivity index (χ1v) is 13.3. The maximum atomic E-state index is 13.5. The van der Waals surface area contributed by atoms with Gasteiger partial charge in [-0.1, -0.05) is 23.5 Å². The van der Waals surface area contributed by atoms with Gasteiger partial charge in [0.2, 0.25) is 0 Å². The number of amides is 1. The molecule has 0 unspecified atom stereocenters. The van der Waals surface area contributed by atoms with Crippen LogP contribution in [0.2, 0.25) is 0 Å². The third-order valence-electron chi connectivity index (χ3n) is 5.17. The second kappa shape index (κ2) is 8.53. The fourth-order valence-electron chi connectivity index (χ4n) is 3.23. The third-order valence-corrected chi connectivity index (χ3v) is 8.26.